The highest BCUT2D eigenvalue weighted by molar-refractivity contribution is 5.81. The Kier molecular flexibility index (Phi) is 3.06. The van der Waals surface area contributed by atoms with Crippen molar-refractivity contribution >= 4 is 5.97 Å². The van der Waals surface area contributed by atoms with Crippen LogP contribution < -0.4 is 4.74 Å². The van der Waals surface area contributed by atoms with Gasteiger partial charge in [0.2, 0.25) is 0 Å². The Morgan fingerprint density at radius 3 is 2.67 bits per heavy atom. The van der Waals surface area contributed by atoms with Gasteiger partial charge in [0.05, 0.1) is 7.11 Å². The summed E-state index contributed by atoms with van der Waals surface area (Å²) in [5.74, 6) is -0.464. The van der Waals surface area contributed by atoms with Gasteiger partial charge in [-0.25, -0.2) is 4.79 Å². The van der Waals surface area contributed by atoms with Gasteiger partial charge in [-0.15, -0.1) is 0 Å². The fourth-order valence-electron chi connectivity index (χ4n) is 1.92. The molecule has 0 aliphatic heterocycles. The third-order valence-electron chi connectivity index (χ3n) is 3.01. The van der Waals surface area contributed by atoms with E-state index in [1.165, 1.54) is 11.8 Å². The van der Waals surface area contributed by atoms with Crippen LogP contribution in [0.1, 0.15) is 12.5 Å². The molecule has 0 saturated carbocycles. The van der Waals surface area contributed by atoms with Crippen molar-refractivity contribution in [2.45, 2.75) is 12.5 Å². The first-order valence-electron chi connectivity index (χ1n) is 5.47. The second kappa shape index (κ2) is 4.52. The van der Waals surface area contributed by atoms with Gasteiger partial charge in [0, 0.05) is 18.0 Å². The predicted molar refractivity (Wildman–Crippen MR) is 65.6 cm³/mol. The van der Waals surface area contributed by atoms with Crippen molar-refractivity contribution in [3.8, 4) is 5.75 Å². The molecule has 0 fully saturated rings. The topological polar surface area (TPSA) is 64.3 Å². The number of benzene rings is 1. The number of aromatic nitrogens is 2. The zero-order valence-electron chi connectivity index (χ0n) is 10.2. The van der Waals surface area contributed by atoms with Gasteiger partial charge < -0.3 is 9.84 Å². The van der Waals surface area contributed by atoms with Crippen LogP contribution >= 0.6 is 0 Å². The molecule has 1 atom stereocenters. The predicted octanol–water partition coefficient (Wildman–Crippen LogP) is 1.74. The lowest BCUT2D eigenvalue weighted by atomic mass is 9.91. The van der Waals surface area contributed by atoms with E-state index in [1.807, 2.05) is 0 Å². The normalized spacial score (nSPS) is 13.9. The summed E-state index contributed by atoms with van der Waals surface area (Å²) in [4.78, 5) is 11.7. The molecule has 0 amide bonds. The lowest BCUT2D eigenvalue weighted by Gasteiger charge is -2.27. The Bertz CT molecular complexity index is 551. The monoisotopic (exact) mass is 246 g/mol. The van der Waals surface area contributed by atoms with Gasteiger partial charge in [0.25, 0.3) is 0 Å². The van der Waals surface area contributed by atoms with Gasteiger partial charge in [0.15, 0.2) is 5.54 Å². The number of para-hydroxylation sites is 1. The summed E-state index contributed by atoms with van der Waals surface area (Å²) < 4.78 is 6.65. The van der Waals surface area contributed by atoms with E-state index in [0.29, 0.717) is 11.3 Å². The summed E-state index contributed by atoms with van der Waals surface area (Å²) in [6, 6.07) is 8.74. The minimum Gasteiger partial charge on any atom is -0.496 e. The molecular formula is C13H14N2O3. The van der Waals surface area contributed by atoms with E-state index in [-0.39, 0.29) is 0 Å². The second-order valence-electron chi connectivity index (χ2n) is 4.03. The lowest BCUT2D eigenvalue weighted by molar-refractivity contribution is -0.145. The summed E-state index contributed by atoms with van der Waals surface area (Å²) in [6.07, 6.45) is 3.18. The average molecular weight is 246 g/mol. The van der Waals surface area contributed by atoms with E-state index < -0.39 is 11.5 Å². The van der Waals surface area contributed by atoms with Crippen LogP contribution in [0.25, 0.3) is 0 Å². The lowest BCUT2D eigenvalue weighted by Crippen LogP contribution is -2.40. The molecule has 0 spiro atoms. The summed E-state index contributed by atoms with van der Waals surface area (Å²) in [5.41, 5.74) is -0.737. The quantitative estimate of drug-likeness (QED) is 0.892. The molecule has 5 nitrogen and oxygen atoms in total. The minimum atomic E-state index is -1.30. The van der Waals surface area contributed by atoms with Gasteiger partial charge in [-0.1, -0.05) is 18.2 Å². The fourth-order valence-corrected chi connectivity index (χ4v) is 1.92. The van der Waals surface area contributed by atoms with Crippen LogP contribution in [0.5, 0.6) is 5.75 Å². The van der Waals surface area contributed by atoms with Crippen molar-refractivity contribution in [2.24, 2.45) is 0 Å². The molecule has 18 heavy (non-hydrogen) atoms. The minimum absolute atomic E-state index is 0.526. The first-order valence-corrected chi connectivity index (χ1v) is 5.47. The molecule has 0 saturated heterocycles. The molecule has 0 aliphatic rings. The van der Waals surface area contributed by atoms with Gasteiger partial charge in [-0.05, 0) is 19.1 Å². The number of hydrogen-bond acceptors (Lipinski definition) is 3. The van der Waals surface area contributed by atoms with Crippen LogP contribution in [0, 0.1) is 0 Å². The second-order valence-corrected chi connectivity index (χ2v) is 4.03. The van der Waals surface area contributed by atoms with Crippen LogP contribution in [-0.2, 0) is 10.3 Å². The summed E-state index contributed by atoms with van der Waals surface area (Å²) in [6.45, 7) is 1.60. The number of rotatable bonds is 4. The number of methoxy groups -OCH3 is 1. The molecular weight excluding hydrogens is 232 g/mol. The van der Waals surface area contributed by atoms with Crippen molar-refractivity contribution < 1.29 is 14.6 Å². The van der Waals surface area contributed by atoms with Crippen LogP contribution in [0.4, 0.5) is 0 Å². The first kappa shape index (κ1) is 12.2. The Balaban J connectivity index is 2.65. The number of hydrogen-bond donors (Lipinski definition) is 1. The average Bonchev–Trinajstić information content (AvgIpc) is 2.91. The maximum absolute atomic E-state index is 11.7. The van der Waals surface area contributed by atoms with Crippen molar-refractivity contribution in [2.75, 3.05) is 7.11 Å². The number of carbonyl (C=O) groups is 1. The van der Waals surface area contributed by atoms with E-state index in [4.69, 9.17) is 4.74 Å². The standard InChI is InChI=1S/C13H14N2O3/c1-13(12(16)17,15-9-5-8-14-15)10-6-3-4-7-11(10)18-2/h3-9H,1-2H3,(H,16,17). The molecule has 0 bridgehead atoms. The van der Waals surface area contributed by atoms with E-state index >= 15 is 0 Å². The zero-order valence-corrected chi connectivity index (χ0v) is 10.2. The number of aliphatic carboxylic acids is 1. The molecule has 2 aromatic rings. The molecule has 0 aliphatic carbocycles. The number of carboxylic acids is 1. The van der Waals surface area contributed by atoms with Crippen molar-refractivity contribution in [3.05, 3.63) is 48.3 Å². The van der Waals surface area contributed by atoms with Gasteiger partial charge in [-0.2, -0.15) is 5.10 Å². The third-order valence-corrected chi connectivity index (χ3v) is 3.01. The fraction of sp³-hybridized carbons (Fsp3) is 0.231. The van der Waals surface area contributed by atoms with Crippen LogP contribution in [-0.4, -0.2) is 28.0 Å². The molecule has 1 heterocycles. The molecule has 1 N–H and O–H groups in total. The number of nitrogens with zero attached hydrogens (tertiary/aromatic N) is 2. The molecule has 5 heteroatoms. The first-order chi connectivity index (χ1) is 8.60. The summed E-state index contributed by atoms with van der Waals surface area (Å²) in [7, 11) is 1.52. The number of carboxylic acid groups (broad SMARTS) is 1. The van der Waals surface area contributed by atoms with E-state index in [9.17, 15) is 9.90 Å². The van der Waals surface area contributed by atoms with Crippen LogP contribution in [0.15, 0.2) is 42.7 Å². The van der Waals surface area contributed by atoms with E-state index in [2.05, 4.69) is 5.10 Å². The molecule has 1 aromatic carbocycles. The Morgan fingerprint density at radius 2 is 2.11 bits per heavy atom. The smallest absolute Gasteiger partial charge is 0.336 e. The van der Waals surface area contributed by atoms with Crippen LogP contribution in [0.2, 0.25) is 0 Å². The van der Waals surface area contributed by atoms with Gasteiger partial charge >= 0.3 is 5.97 Å². The molecule has 1 aromatic heterocycles. The highest BCUT2D eigenvalue weighted by Gasteiger charge is 2.40. The number of ether oxygens (including phenoxy) is 1. The molecule has 94 valence electrons. The highest BCUT2D eigenvalue weighted by atomic mass is 16.5. The summed E-state index contributed by atoms with van der Waals surface area (Å²) >= 11 is 0. The van der Waals surface area contributed by atoms with Gasteiger partial charge in [0.1, 0.15) is 5.75 Å². The summed E-state index contributed by atoms with van der Waals surface area (Å²) in [5, 5.41) is 13.6. The van der Waals surface area contributed by atoms with E-state index in [1.54, 1.807) is 49.6 Å². The highest BCUT2D eigenvalue weighted by Crippen LogP contribution is 2.32. The molecule has 0 radical (unpaired) electrons. The Morgan fingerprint density at radius 1 is 1.39 bits per heavy atom. The van der Waals surface area contributed by atoms with Crippen LogP contribution in [0.3, 0.4) is 0 Å². The molecule has 2 rings (SSSR count). The third kappa shape index (κ3) is 1.73. The Labute approximate surface area is 105 Å². The van der Waals surface area contributed by atoms with Crippen molar-refractivity contribution in [3.63, 3.8) is 0 Å². The SMILES string of the molecule is COc1ccccc1C(C)(C(=O)O)n1cccn1. The molecule has 1 unspecified atom stereocenters. The maximum Gasteiger partial charge on any atom is 0.336 e. The van der Waals surface area contributed by atoms with Gasteiger partial charge in [-0.3, -0.25) is 4.68 Å². The largest absolute Gasteiger partial charge is 0.496 e. The maximum atomic E-state index is 11.7. The van der Waals surface area contributed by atoms with E-state index in [0.717, 1.165) is 0 Å². The Hall–Kier alpha value is -2.30. The zero-order chi connectivity index (χ0) is 13.2. The van der Waals surface area contributed by atoms with Crippen molar-refractivity contribution in [1.29, 1.82) is 0 Å². The van der Waals surface area contributed by atoms with Crippen molar-refractivity contribution in [1.82, 2.24) is 9.78 Å².